The van der Waals surface area contributed by atoms with Crippen LogP contribution in [0.25, 0.3) is 0 Å². The van der Waals surface area contributed by atoms with E-state index in [9.17, 15) is 0 Å². The molecule has 0 bridgehead atoms. The summed E-state index contributed by atoms with van der Waals surface area (Å²) >= 11 is 0. The first-order valence-corrected chi connectivity index (χ1v) is 6.44. The first-order valence-electron chi connectivity index (χ1n) is 6.44. The lowest BCUT2D eigenvalue weighted by Crippen LogP contribution is -2.26. The lowest BCUT2D eigenvalue weighted by molar-refractivity contribution is 0.181. The highest BCUT2D eigenvalue weighted by Crippen LogP contribution is 2.19. The largest absolute Gasteiger partial charge is 0.468 e. The monoisotopic (exact) mass is 276 g/mol. The van der Waals surface area contributed by atoms with Crippen LogP contribution < -0.4 is 5.32 Å². The van der Waals surface area contributed by atoms with Crippen molar-refractivity contribution in [1.29, 1.82) is 0 Å². The number of methoxy groups -OCH3 is 1. The molecule has 108 valence electrons. The Hall–Kier alpha value is -1.92. The van der Waals surface area contributed by atoms with Gasteiger partial charge in [-0.15, -0.1) is 0 Å². The minimum atomic E-state index is 0.144. The molecule has 0 aliphatic rings. The van der Waals surface area contributed by atoms with Crippen molar-refractivity contribution in [3.63, 3.8) is 0 Å². The van der Waals surface area contributed by atoms with Crippen molar-refractivity contribution in [3.8, 4) is 0 Å². The Morgan fingerprint density at radius 1 is 1.40 bits per heavy atom. The van der Waals surface area contributed by atoms with Crippen molar-refractivity contribution < 1.29 is 9.15 Å². The third-order valence-corrected chi connectivity index (χ3v) is 2.99. The Morgan fingerprint density at radius 2 is 2.25 bits per heavy atom. The molecule has 0 aromatic carbocycles. The summed E-state index contributed by atoms with van der Waals surface area (Å²) in [7, 11) is 5.69. The van der Waals surface area contributed by atoms with Crippen LogP contribution in [0.5, 0.6) is 0 Å². The number of nitrogens with one attached hydrogen (secondary N) is 1. The van der Waals surface area contributed by atoms with E-state index in [0.29, 0.717) is 13.2 Å². The van der Waals surface area contributed by atoms with Crippen LogP contribution in [0, 0.1) is 0 Å². The molecule has 0 fully saturated rings. The topological polar surface area (TPSA) is 63.4 Å². The van der Waals surface area contributed by atoms with Crippen molar-refractivity contribution in [2.24, 2.45) is 0 Å². The summed E-state index contributed by atoms with van der Waals surface area (Å²) in [6.07, 6.45) is 3.22. The Balaban J connectivity index is 2.01. The van der Waals surface area contributed by atoms with E-state index in [4.69, 9.17) is 9.15 Å². The molecule has 0 saturated carbocycles. The predicted octanol–water partition coefficient (Wildman–Crippen LogP) is 1.93. The van der Waals surface area contributed by atoms with E-state index in [1.807, 2.05) is 32.3 Å². The highest BCUT2D eigenvalue weighted by atomic mass is 16.5. The molecule has 0 unspecified atom stereocenters. The van der Waals surface area contributed by atoms with Gasteiger partial charge in [0.25, 0.3) is 0 Å². The summed E-state index contributed by atoms with van der Waals surface area (Å²) in [6.45, 7) is 1.18. The lowest BCUT2D eigenvalue weighted by atomic mass is 10.2. The fraction of sp³-hybridized carbons (Fsp3) is 0.429. The smallest absolute Gasteiger partial charge is 0.129 e. The summed E-state index contributed by atoms with van der Waals surface area (Å²) in [6, 6.07) is 5.90. The number of nitrogens with zero attached hydrogens (tertiary/aromatic N) is 3. The third-order valence-electron chi connectivity index (χ3n) is 2.99. The maximum absolute atomic E-state index is 5.47. The molecule has 2 aromatic rings. The van der Waals surface area contributed by atoms with Crippen LogP contribution in [0.3, 0.4) is 0 Å². The number of hydrogen-bond acceptors (Lipinski definition) is 6. The van der Waals surface area contributed by atoms with Crippen LogP contribution in [0.1, 0.15) is 17.5 Å². The molecule has 1 atom stereocenters. The summed E-state index contributed by atoms with van der Waals surface area (Å²) < 4.78 is 10.5. The number of hydrogen-bond donors (Lipinski definition) is 1. The number of ether oxygens (including phenoxy) is 1. The van der Waals surface area contributed by atoms with E-state index >= 15 is 0 Å². The zero-order chi connectivity index (χ0) is 14.4. The van der Waals surface area contributed by atoms with Crippen LogP contribution in [0.2, 0.25) is 0 Å². The van der Waals surface area contributed by atoms with Crippen LogP contribution in [-0.2, 0) is 11.3 Å². The highest BCUT2D eigenvalue weighted by Gasteiger charge is 2.16. The average Bonchev–Trinajstić information content (AvgIpc) is 2.93. The summed E-state index contributed by atoms with van der Waals surface area (Å²) in [5.41, 5.74) is 0.851. The van der Waals surface area contributed by atoms with Crippen molar-refractivity contribution in [3.05, 3.63) is 42.2 Å². The molecule has 0 amide bonds. The van der Waals surface area contributed by atoms with Gasteiger partial charge in [-0.25, -0.2) is 9.97 Å². The van der Waals surface area contributed by atoms with Gasteiger partial charge in [0.05, 0.1) is 24.6 Å². The molecule has 0 aliphatic heterocycles. The second-order valence-electron chi connectivity index (χ2n) is 4.70. The number of likely N-dealkylation sites (N-methyl/N-ethyl adjacent to an activating group) is 1. The highest BCUT2D eigenvalue weighted by molar-refractivity contribution is 5.35. The number of furan rings is 1. The van der Waals surface area contributed by atoms with Crippen LogP contribution >= 0.6 is 0 Å². The fourth-order valence-corrected chi connectivity index (χ4v) is 1.94. The van der Waals surface area contributed by atoms with Gasteiger partial charge in [0, 0.05) is 19.7 Å². The molecule has 2 heterocycles. The Bertz CT molecular complexity index is 514. The molecule has 0 radical (unpaired) electrons. The predicted molar refractivity (Wildman–Crippen MR) is 76.4 cm³/mol. The molecule has 6 heteroatoms. The molecule has 0 aliphatic carbocycles. The van der Waals surface area contributed by atoms with Crippen molar-refractivity contribution in [1.82, 2.24) is 14.9 Å². The van der Waals surface area contributed by atoms with Gasteiger partial charge in [-0.1, -0.05) is 0 Å². The van der Waals surface area contributed by atoms with Gasteiger partial charge >= 0.3 is 0 Å². The molecule has 20 heavy (non-hydrogen) atoms. The van der Waals surface area contributed by atoms with E-state index < -0.39 is 0 Å². The van der Waals surface area contributed by atoms with E-state index in [-0.39, 0.29) is 6.04 Å². The Labute approximate surface area is 118 Å². The molecule has 2 aromatic heterocycles. The Morgan fingerprint density at radius 3 is 2.90 bits per heavy atom. The second-order valence-corrected chi connectivity index (χ2v) is 4.70. The SMILES string of the molecule is COCc1cc(NC[C@@H](c2ccco2)N(C)C)ncn1. The molecule has 6 nitrogen and oxygen atoms in total. The fourth-order valence-electron chi connectivity index (χ4n) is 1.94. The van der Waals surface area contributed by atoms with Crippen LogP contribution in [0.4, 0.5) is 5.82 Å². The standard InChI is InChI=1S/C14H20N4O2/c1-18(2)12(13-5-4-6-20-13)8-15-14-7-11(9-19-3)16-10-17-14/h4-7,10,12H,8-9H2,1-3H3,(H,15,16,17)/t12-/m0/s1. The van der Waals surface area contributed by atoms with Crippen LogP contribution in [0.15, 0.2) is 35.2 Å². The van der Waals surface area contributed by atoms with Crippen LogP contribution in [-0.4, -0.2) is 42.6 Å². The molecular weight excluding hydrogens is 256 g/mol. The molecule has 1 N–H and O–H groups in total. The van der Waals surface area contributed by atoms with Gasteiger partial charge < -0.3 is 14.5 Å². The number of anilines is 1. The van der Waals surface area contributed by atoms with Gasteiger partial charge in [0.1, 0.15) is 17.9 Å². The third kappa shape index (κ3) is 3.79. The van der Waals surface area contributed by atoms with E-state index in [0.717, 1.165) is 17.3 Å². The Kier molecular flexibility index (Phi) is 5.09. The van der Waals surface area contributed by atoms with Gasteiger partial charge in [-0.3, -0.25) is 4.90 Å². The van der Waals surface area contributed by atoms with Crippen molar-refractivity contribution >= 4 is 5.82 Å². The van der Waals surface area contributed by atoms with Gasteiger partial charge in [0.15, 0.2) is 0 Å². The summed E-state index contributed by atoms with van der Waals surface area (Å²) in [5, 5.41) is 3.30. The van der Waals surface area contributed by atoms with Crippen molar-refractivity contribution in [2.75, 3.05) is 33.1 Å². The molecule has 2 rings (SSSR count). The average molecular weight is 276 g/mol. The van der Waals surface area contributed by atoms with Gasteiger partial charge in [-0.2, -0.15) is 0 Å². The number of rotatable bonds is 7. The minimum Gasteiger partial charge on any atom is -0.468 e. The first-order chi connectivity index (χ1) is 9.70. The second kappa shape index (κ2) is 7.02. The lowest BCUT2D eigenvalue weighted by Gasteiger charge is -2.22. The molecular formula is C14H20N4O2. The molecule has 0 saturated heterocycles. The summed E-state index contributed by atoms with van der Waals surface area (Å²) in [5.74, 6) is 1.71. The first kappa shape index (κ1) is 14.5. The van der Waals surface area contributed by atoms with E-state index in [1.54, 1.807) is 13.4 Å². The number of aromatic nitrogens is 2. The van der Waals surface area contributed by atoms with Gasteiger partial charge in [-0.05, 0) is 26.2 Å². The van der Waals surface area contributed by atoms with Gasteiger partial charge in [0.2, 0.25) is 0 Å². The van der Waals surface area contributed by atoms with E-state index in [2.05, 4.69) is 20.2 Å². The summed E-state index contributed by atoms with van der Waals surface area (Å²) in [4.78, 5) is 10.4. The van der Waals surface area contributed by atoms with E-state index in [1.165, 1.54) is 6.33 Å². The quantitative estimate of drug-likeness (QED) is 0.833. The van der Waals surface area contributed by atoms with Crippen molar-refractivity contribution in [2.45, 2.75) is 12.6 Å². The zero-order valence-electron chi connectivity index (χ0n) is 12.0. The maximum atomic E-state index is 5.47. The normalized spacial score (nSPS) is 12.6. The molecule has 0 spiro atoms. The minimum absolute atomic E-state index is 0.144. The zero-order valence-corrected chi connectivity index (χ0v) is 12.0. The maximum Gasteiger partial charge on any atom is 0.129 e.